The Balaban J connectivity index is 1.39. The number of rotatable bonds is 4. The summed E-state index contributed by atoms with van der Waals surface area (Å²) in [5.41, 5.74) is 1.72. The first-order chi connectivity index (χ1) is 9.72. The van der Waals surface area contributed by atoms with Gasteiger partial charge in [-0.1, -0.05) is 12.1 Å². The third kappa shape index (κ3) is 2.24. The Labute approximate surface area is 121 Å². The van der Waals surface area contributed by atoms with E-state index in [1.54, 1.807) is 6.07 Å². The summed E-state index contributed by atoms with van der Waals surface area (Å²) >= 11 is 0. The Kier molecular flexibility index (Phi) is 3.03. The maximum atomic E-state index is 9.85. The van der Waals surface area contributed by atoms with Gasteiger partial charge in [0.15, 0.2) is 0 Å². The van der Waals surface area contributed by atoms with Crippen LogP contribution in [0, 0.1) is 23.2 Å². The van der Waals surface area contributed by atoms with E-state index in [-0.39, 0.29) is 0 Å². The van der Waals surface area contributed by atoms with Crippen LogP contribution in [0.2, 0.25) is 0 Å². The van der Waals surface area contributed by atoms with Crippen molar-refractivity contribution in [3.8, 4) is 5.75 Å². The normalized spacial score (nSPS) is 38.3. The molecule has 4 bridgehead atoms. The van der Waals surface area contributed by atoms with Gasteiger partial charge in [-0.15, -0.1) is 0 Å². The van der Waals surface area contributed by atoms with Crippen LogP contribution in [-0.4, -0.2) is 11.7 Å². The standard InChI is InChI=1S/C18H25NO/c20-17-4-2-1-3-16(17)11-19-12-18-8-13-5-14(9-18)7-15(6-13)10-18/h1-4,13-15,19-20H,5-12H2/p+1. The number of benzene rings is 1. The number of aromatic hydroxyl groups is 1. The van der Waals surface area contributed by atoms with E-state index in [9.17, 15) is 5.11 Å². The number of nitrogens with two attached hydrogens (primary N) is 1. The molecule has 1 aromatic rings. The Hall–Kier alpha value is -1.02. The molecule has 20 heavy (non-hydrogen) atoms. The van der Waals surface area contributed by atoms with Gasteiger partial charge < -0.3 is 10.4 Å². The lowest BCUT2D eigenvalue weighted by molar-refractivity contribution is -0.684. The SMILES string of the molecule is Oc1ccccc1C[NH2+]CC12CC3CC(CC(C3)C1)C2. The van der Waals surface area contributed by atoms with Gasteiger partial charge in [-0.3, -0.25) is 0 Å². The van der Waals surface area contributed by atoms with Crippen LogP contribution in [0.1, 0.15) is 44.1 Å². The molecule has 5 rings (SSSR count). The van der Waals surface area contributed by atoms with Gasteiger partial charge in [-0.25, -0.2) is 0 Å². The molecule has 0 radical (unpaired) electrons. The lowest BCUT2D eigenvalue weighted by atomic mass is 9.49. The van der Waals surface area contributed by atoms with Crippen LogP contribution in [-0.2, 0) is 6.54 Å². The van der Waals surface area contributed by atoms with Crippen molar-refractivity contribution in [3.63, 3.8) is 0 Å². The molecular weight excluding hydrogens is 246 g/mol. The molecule has 108 valence electrons. The second-order valence-corrected chi connectivity index (χ2v) is 7.74. The van der Waals surface area contributed by atoms with E-state index in [4.69, 9.17) is 0 Å². The fourth-order valence-corrected chi connectivity index (χ4v) is 5.76. The van der Waals surface area contributed by atoms with Crippen molar-refractivity contribution < 1.29 is 10.4 Å². The topological polar surface area (TPSA) is 36.8 Å². The molecule has 4 aliphatic carbocycles. The van der Waals surface area contributed by atoms with Crippen LogP contribution in [0.4, 0.5) is 0 Å². The molecule has 0 aliphatic heterocycles. The van der Waals surface area contributed by atoms with Crippen LogP contribution >= 0.6 is 0 Å². The molecule has 4 saturated carbocycles. The van der Waals surface area contributed by atoms with Gasteiger partial charge in [-0.05, 0) is 68.4 Å². The number of para-hydroxylation sites is 1. The second-order valence-electron chi connectivity index (χ2n) is 7.74. The number of hydrogen-bond acceptors (Lipinski definition) is 1. The highest BCUT2D eigenvalue weighted by molar-refractivity contribution is 5.30. The van der Waals surface area contributed by atoms with E-state index < -0.39 is 0 Å². The summed E-state index contributed by atoms with van der Waals surface area (Å²) in [6, 6.07) is 7.77. The third-order valence-corrected chi connectivity index (χ3v) is 6.10. The summed E-state index contributed by atoms with van der Waals surface area (Å²) in [4.78, 5) is 0. The smallest absolute Gasteiger partial charge is 0.124 e. The van der Waals surface area contributed by atoms with Gasteiger partial charge in [0.2, 0.25) is 0 Å². The predicted molar refractivity (Wildman–Crippen MR) is 79.2 cm³/mol. The van der Waals surface area contributed by atoms with E-state index in [1.807, 2.05) is 18.2 Å². The highest BCUT2D eigenvalue weighted by Crippen LogP contribution is 2.59. The maximum absolute atomic E-state index is 9.85. The lowest BCUT2D eigenvalue weighted by Gasteiger charge is -2.56. The summed E-state index contributed by atoms with van der Waals surface area (Å²) in [7, 11) is 0. The molecule has 0 atom stereocenters. The largest absolute Gasteiger partial charge is 0.507 e. The first-order valence-corrected chi connectivity index (χ1v) is 8.31. The highest BCUT2D eigenvalue weighted by atomic mass is 16.3. The molecule has 1 aromatic carbocycles. The summed E-state index contributed by atoms with van der Waals surface area (Å²) in [5.74, 6) is 3.58. The van der Waals surface area contributed by atoms with E-state index in [0.717, 1.165) is 29.9 Å². The molecule has 0 spiro atoms. The molecular formula is C18H26NO+. The Morgan fingerprint density at radius 3 is 2.20 bits per heavy atom. The van der Waals surface area contributed by atoms with Crippen molar-refractivity contribution >= 4 is 0 Å². The van der Waals surface area contributed by atoms with Crippen molar-refractivity contribution in [1.29, 1.82) is 0 Å². The summed E-state index contributed by atoms with van der Waals surface area (Å²) in [6.07, 6.45) is 9.03. The molecule has 0 amide bonds. The van der Waals surface area contributed by atoms with Gasteiger partial charge in [0.25, 0.3) is 0 Å². The van der Waals surface area contributed by atoms with Gasteiger partial charge in [0, 0.05) is 11.0 Å². The number of hydrogen-bond donors (Lipinski definition) is 2. The number of quaternary nitrogens is 1. The minimum atomic E-state index is 0.453. The van der Waals surface area contributed by atoms with Crippen LogP contribution in [0.15, 0.2) is 24.3 Å². The second kappa shape index (κ2) is 4.77. The number of phenolic OH excluding ortho intramolecular Hbond substituents is 1. The molecule has 4 aliphatic rings. The van der Waals surface area contributed by atoms with Crippen molar-refractivity contribution in [2.75, 3.05) is 6.54 Å². The Morgan fingerprint density at radius 2 is 1.60 bits per heavy atom. The van der Waals surface area contributed by atoms with Gasteiger partial charge >= 0.3 is 0 Å². The van der Waals surface area contributed by atoms with Gasteiger partial charge in [-0.2, -0.15) is 0 Å². The minimum absolute atomic E-state index is 0.453. The first-order valence-electron chi connectivity index (χ1n) is 8.31. The fraction of sp³-hybridized carbons (Fsp3) is 0.667. The highest BCUT2D eigenvalue weighted by Gasteiger charge is 2.51. The quantitative estimate of drug-likeness (QED) is 0.868. The van der Waals surface area contributed by atoms with E-state index in [0.29, 0.717) is 11.2 Å². The molecule has 3 N–H and O–H groups in total. The summed E-state index contributed by atoms with van der Waals surface area (Å²) < 4.78 is 0. The Morgan fingerprint density at radius 1 is 1.00 bits per heavy atom. The van der Waals surface area contributed by atoms with Crippen LogP contribution in [0.25, 0.3) is 0 Å². The van der Waals surface area contributed by atoms with Crippen molar-refractivity contribution in [2.24, 2.45) is 23.2 Å². The van der Waals surface area contributed by atoms with Crippen LogP contribution < -0.4 is 5.32 Å². The van der Waals surface area contributed by atoms with E-state index in [2.05, 4.69) is 5.32 Å². The predicted octanol–water partition coefficient (Wildman–Crippen LogP) is 2.67. The van der Waals surface area contributed by atoms with Crippen LogP contribution in [0.3, 0.4) is 0 Å². The van der Waals surface area contributed by atoms with Gasteiger partial charge in [0.1, 0.15) is 12.3 Å². The Bertz CT molecular complexity index is 461. The van der Waals surface area contributed by atoms with E-state index in [1.165, 1.54) is 45.1 Å². The molecule has 2 heteroatoms. The third-order valence-electron chi connectivity index (χ3n) is 6.10. The molecule has 0 heterocycles. The summed E-state index contributed by atoms with van der Waals surface area (Å²) in [6.45, 7) is 2.19. The van der Waals surface area contributed by atoms with Gasteiger partial charge in [0.05, 0.1) is 6.54 Å². The van der Waals surface area contributed by atoms with E-state index >= 15 is 0 Å². The average molecular weight is 272 g/mol. The van der Waals surface area contributed by atoms with Crippen molar-refractivity contribution in [3.05, 3.63) is 29.8 Å². The van der Waals surface area contributed by atoms with Crippen molar-refractivity contribution in [1.82, 2.24) is 0 Å². The molecule has 0 saturated heterocycles. The fourth-order valence-electron chi connectivity index (χ4n) is 5.76. The monoisotopic (exact) mass is 272 g/mol. The molecule has 0 aromatic heterocycles. The average Bonchev–Trinajstić information content (AvgIpc) is 2.39. The van der Waals surface area contributed by atoms with Crippen molar-refractivity contribution in [2.45, 2.75) is 45.1 Å². The number of phenols is 1. The zero-order valence-corrected chi connectivity index (χ0v) is 12.2. The maximum Gasteiger partial charge on any atom is 0.124 e. The molecule has 2 nitrogen and oxygen atoms in total. The first kappa shape index (κ1) is 12.7. The summed E-state index contributed by atoms with van der Waals surface area (Å²) in [5, 5.41) is 12.3. The zero-order valence-electron chi connectivity index (χ0n) is 12.2. The molecule has 0 unspecified atom stereocenters. The lowest BCUT2D eigenvalue weighted by Crippen LogP contribution is -2.86. The minimum Gasteiger partial charge on any atom is -0.507 e. The molecule has 4 fully saturated rings. The van der Waals surface area contributed by atoms with Crippen LogP contribution in [0.5, 0.6) is 5.75 Å². The zero-order chi connectivity index (χ0) is 13.6.